The van der Waals surface area contributed by atoms with Gasteiger partial charge in [-0.3, -0.25) is 0 Å². The van der Waals surface area contributed by atoms with Crippen LogP contribution in [0.1, 0.15) is 0 Å². The summed E-state index contributed by atoms with van der Waals surface area (Å²) in [5.41, 5.74) is 0. The molecule has 0 aromatic heterocycles. The minimum absolute atomic E-state index is 0.101. The van der Waals surface area contributed by atoms with Gasteiger partial charge in [0.1, 0.15) is 0 Å². The lowest BCUT2D eigenvalue weighted by Crippen LogP contribution is -2.63. The molecule has 174 valence electrons. The largest absolute Gasteiger partial charge is 0.460 e. The molecule has 0 aliphatic rings. The standard InChI is InChI=1S/C18H8ClF9O3S/c19-10-5-6-12-13(8-10)11-4-2-1-3-9(11)7-14(12)31-32(29,30)18(27,28)16(22,23)15(20,21)17(24,25)26/h1-8H. The monoisotopic (exact) mass is 510 g/mol. The van der Waals surface area contributed by atoms with Gasteiger partial charge >= 0.3 is 33.4 Å². The van der Waals surface area contributed by atoms with Gasteiger partial charge in [0.2, 0.25) is 0 Å². The molecule has 0 N–H and O–H groups in total. The summed E-state index contributed by atoms with van der Waals surface area (Å²) in [7, 11) is -7.08. The molecule has 32 heavy (non-hydrogen) atoms. The Balaban J connectivity index is 2.19. The summed E-state index contributed by atoms with van der Waals surface area (Å²) in [5, 5.41) is -6.48. The smallest absolute Gasteiger partial charge is 0.377 e. The van der Waals surface area contributed by atoms with Crippen molar-refractivity contribution in [2.45, 2.75) is 23.3 Å². The predicted molar refractivity (Wildman–Crippen MR) is 96.9 cm³/mol. The summed E-state index contributed by atoms with van der Waals surface area (Å²) in [6.07, 6.45) is -7.18. The fourth-order valence-corrected chi connectivity index (χ4v) is 3.89. The number of halogens is 10. The minimum atomic E-state index is -7.40. The van der Waals surface area contributed by atoms with E-state index in [-0.39, 0.29) is 21.2 Å². The van der Waals surface area contributed by atoms with Crippen molar-refractivity contribution in [1.29, 1.82) is 0 Å². The van der Waals surface area contributed by atoms with Crippen LogP contribution in [0.15, 0.2) is 48.5 Å². The minimum Gasteiger partial charge on any atom is -0.377 e. The van der Waals surface area contributed by atoms with Gasteiger partial charge < -0.3 is 4.18 Å². The third kappa shape index (κ3) is 3.51. The predicted octanol–water partition coefficient (Wildman–Crippen LogP) is 6.78. The Morgan fingerprint density at radius 2 is 1.31 bits per heavy atom. The highest BCUT2D eigenvalue weighted by molar-refractivity contribution is 7.88. The van der Waals surface area contributed by atoms with Crippen LogP contribution in [0.5, 0.6) is 5.75 Å². The third-order valence-corrected chi connectivity index (χ3v) is 5.93. The maximum absolute atomic E-state index is 14.0. The summed E-state index contributed by atoms with van der Waals surface area (Å²) in [4.78, 5) is 0. The zero-order valence-corrected chi connectivity index (χ0v) is 16.6. The summed E-state index contributed by atoms with van der Waals surface area (Å²) in [5.74, 6) is -15.8. The molecule has 0 unspecified atom stereocenters. The molecule has 3 aromatic rings. The number of hydrogen-bond acceptors (Lipinski definition) is 3. The highest BCUT2D eigenvalue weighted by Crippen LogP contribution is 2.55. The van der Waals surface area contributed by atoms with Crippen LogP contribution in [0.4, 0.5) is 39.5 Å². The molecule has 0 heterocycles. The lowest BCUT2D eigenvalue weighted by Gasteiger charge is -2.32. The highest BCUT2D eigenvalue weighted by atomic mass is 35.5. The quantitative estimate of drug-likeness (QED) is 0.216. The van der Waals surface area contributed by atoms with Crippen LogP contribution < -0.4 is 4.18 Å². The van der Waals surface area contributed by atoms with E-state index >= 15 is 0 Å². The Labute approximate surface area is 178 Å². The van der Waals surface area contributed by atoms with E-state index in [0.29, 0.717) is 5.39 Å². The van der Waals surface area contributed by atoms with Crippen molar-refractivity contribution in [3.63, 3.8) is 0 Å². The number of alkyl halides is 9. The van der Waals surface area contributed by atoms with Crippen molar-refractivity contribution >= 4 is 43.3 Å². The zero-order chi connectivity index (χ0) is 24.3. The molecule has 0 atom stereocenters. The molecular formula is C18H8ClF9O3S. The lowest BCUT2D eigenvalue weighted by molar-refractivity contribution is -0.382. The Morgan fingerprint density at radius 3 is 1.91 bits per heavy atom. The maximum Gasteiger partial charge on any atom is 0.460 e. The van der Waals surface area contributed by atoms with E-state index in [1.807, 2.05) is 0 Å². The number of hydrogen-bond donors (Lipinski definition) is 0. The number of fused-ring (bicyclic) bond motifs is 3. The Bertz CT molecular complexity index is 1300. The van der Waals surface area contributed by atoms with Gasteiger partial charge in [0.05, 0.1) is 0 Å². The fourth-order valence-electron chi connectivity index (χ4n) is 2.80. The normalized spacial score (nSPS) is 14.2. The van der Waals surface area contributed by atoms with Crippen molar-refractivity contribution in [2.75, 3.05) is 0 Å². The molecule has 0 radical (unpaired) electrons. The van der Waals surface area contributed by atoms with E-state index in [9.17, 15) is 47.9 Å². The van der Waals surface area contributed by atoms with Gasteiger partial charge in [-0.05, 0) is 40.4 Å². The molecule has 0 spiro atoms. The van der Waals surface area contributed by atoms with Gasteiger partial charge in [0.15, 0.2) is 5.75 Å². The first-order chi connectivity index (χ1) is 14.4. The topological polar surface area (TPSA) is 43.4 Å². The second kappa shape index (κ2) is 7.30. The molecule has 0 amide bonds. The Kier molecular flexibility index (Phi) is 5.53. The number of rotatable bonds is 5. The fraction of sp³-hybridized carbons (Fsp3) is 0.222. The highest BCUT2D eigenvalue weighted by Gasteiger charge is 2.86. The first-order valence-electron chi connectivity index (χ1n) is 8.19. The lowest BCUT2D eigenvalue weighted by atomic mass is 10.0. The molecule has 0 saturated carbocycles. The molecule has 3 rings (SSSR count). The van der Waals surface area contributed by atoms with Crippen molar-refractivity contribution in [3.8, 4) is 5.75 Å². The second-order valence-corrected chi connectivity index (χ2v) is 8.51. The van der Waals surface area contributed by atoms with E-state index in [2.05, 4.69) is 4.18 Å². The van der Waals surface area contributed by atoms with Gasteiger partial charge in [0, 0.05) is 10.4 Å². The molecule has 0 saturated heterocycles. The van der Waals surface area contributed by atoms with E-state index in [0.717, 1.165) is 18.2 Å². The maximum atomic E-state index is 14.0. The SMILES string of the molecule is O=S(=O)(Oc1cc2ccccc2c2cc(Cl)ccc12)C(F)(F)C(F)(F)C(F)(F)C(F)(F)F. The van der Waals surface area contributed by atoms with E-state index in [1.54, 1.807) is 6.07 Å². The Hall–Kier alpha value is -2.41. The summed E-state index contributed by atoms with van der Waals surface area (Å²) in [6.45, 7) is 0. The van der Waals surface area contributed by atoms with E-state index in [1.165, 1.54) is 24.3 Å². The van der Waals surface area contributed by atoms with Crippen LogP contribution in [-0.2, 0) is 10.1 Å². The van der Waals surface area contributed by atoms with Crippen LogP contribution in [0.2, 0.25) is 5.02 Å². The molecule has 0 aliphatic heterocycles. The van der Waals surface area contributed by atoms with Gasteiger partial charge in [-0.15, -0.1) is 0 Å². The molecule has 3 nitrogen and oxygen atoms in total. The van der Waals surface area contributed by atoms with Gasteiger partial charge in [-0.25, -0.2) is 0 Å². The third-order valence-electron chi connectivity index (χ3n) is 4.41. The summed E-state index contributed by atoms with van der Waals surface area (Å²) >= 11 is 5.86. The first-order valence-corrected chi connectivity index (χ1v) is 9.98. The molecule has 0 aliphatic carbocycles. The van der Waals surface area contributed by atoms with Crippen LogP contribution >= 0.6 is 11.6 Å². The molecule has 0 bridgehead atoms. The van der Waals surface area contributed by atoms with E-state index in [4.69, 9.17) is 11.6 Å². The summed E-state index contributed by atoms with van der Waals surface area (Å²) in [6, 6.07) is 10.1. The van der Waals surface area contributed by atoms with Gasteiger partial charge in [-0.1, -0.05) is 35.9 Å². The average Bonchev–Trinajstić information content (AvgIpc) is 2.66. The van der Waals surface area contributed by atoms with Crippen LogP contribution in [0, 0.1) is 0 Å². The number of benzene rings is 3. The van der Waals surface area contributed by atoms with Crippen molar-refractivity contribution in [1.82, 2.24) is 0 Å². The zero-order valence-electron chi connectivity index (χ0n) is 15.0. The van der Waals surface area contributed by atoms with Gasteiger partial charge in [-0.2, -0.15) is 47.9 Å². The molecule has 14 heteroatoms. The van der Waals surface area contributed by atoms with Crippen molar-refractivity contribution < 1.29 is 52.1 Å². The summed E-state index contributed by atoms with van der Waals surface area (Å²) < 4.78 is 146. The molecular weight excluding hydrogens is 503 g/mol. The van der Waals surface area contributed by atoms with Crippen LogP contribution in [0.25, 0.3) is 21.5 Å². The van der Waals surface area contributed by atoms with Crippen molar-refractivity contribution in [3.05, 3.63) is 53.6 Å². The average molecular weight is 511 g/mol. The van der Waals surface area contributed by atoms with Crippen molar-refractivity contribution in [2.24, 2.45) is 0 Å². The van der Waals surface area contributed by atoms with Crippen LogP contribution in [0.3, 0.4) is 0 Å². The van der Waals surface area contributed by atoms with Gasteiger partial charge in [0.25, 0.3) is 0 Å². The van der Waals surface area contributed by atoms with E-state index < -0.39 is 39.1 Å². The first kappa shape index (κ1) is 24.2. The molecule has 3 aromatic carbocycles. The Morgan fingerprint density at radius 1 is 0.719 bits per heavy atom. The second-order valence-electron chi connectivity index (χ2n) is 6.49. The molecule has 0 fully saturated rings. The van der Waals surface area contributed by atoms with Crippen LogP contribution in [-0.4, -0.2) is 31.7 Å².